The van der Waals surface area contributed by atoms with Crippen LogP contribution in [0.4, 0.5) is 0 Å². The predicted molar refractivity (Wildman–Crippen MR) is 156 cm³/mol. The number of benzene rings is 3. The molecule has 0 aliphatic carbocycles. The van der Waals surface area contributed by atoms with Crippen LogP contribution >= 0.6 is 0 Å². The van der Waals surface area contributed by atoms with E-state index < -0.39 is 5.76 Å². The molecule has 0 saturated heterocycles. The SMILES string of the molecule is CCCCc1nc(OC)n(Cc2ccccc2)c(=O)c1Cc1ccc(-c2ccccc2-c2noc(=O)[nH]2)cc1.[Na]. The summed E-state index contributed by atoms with van der Waals surface area (Å²) in [6.07, 6.45) is 3.11. The maximum absolute atomic E-state index is 13.8. The van der Waals surface area contributed by atoms with Crippen LogP contribution in [0.2, 0.25) is 0 Å². The molecule has 0 amide bonds. The number of unbranched alkanes of at least 4 members (excludes halogenated alkanes) is 1. The van der Waals surface area contributed by atoms with E-state index in [-0.39, 0.29) is 35.1 Å². The molecule has 0 saturated carbocycles. The molecule has 9 heteroatoms. The van der Waals surface area contributed by atoms with Gasteiger partial charge in [-0.25, -0.2) is 9.78 Å². The molecular weight excluding hydrogens is 515 g/mol. The number of hydrogen-bond acceptors (Lipinski definition) is 6. The number of rotatable bonds is 10. The summed E-state index contributed by atoms with van der Waals surface area (Å²) in [7, 11) is 1.55. The van der Waals surface area contributed by atoms with Gasteiger partial charge in [0.15, 0.2) is 5.82 Å². The molecule has 3 aromatic carbocycles. The van der Waals surface area contributed by atoms with E-state index in [0.29, 0.717) is 36.8 Å². The maximum Gasteiger partial charge on any atom is 0.439 e. The van der Waals surface area contributed by atoms with Gasteiger partial charge in [0.2, 0.25) is 0 Å². The van der Waals surface area contributed by atoms with Crippen molar-refractivity contribution in [2.24, 2.45) is 0 Å². The molecule has 0 bridgehead atoms. The third-order valence-electron chi connectivity index (χ3n) is 6.71. The first-order valence-corrected chi connectivity index (χ1v) is 13.0. The fourth-order valence-electron chi connectivity index (χ4n) is 4.70. The maximum atomic E-state index is 13.8. The Morgan fingerprint density at radius 3 is 2.25 bits per heavy atom. The summed E-state index contributed by atoms with van der Waals surface area (Å²) in [5, 5.41) is 3.84. The number of aromatic amines is 1. The van der Waals surface area contributed by atoms with E-state index in [2.05, 4.69) is 17.1 Å². The van der Waals surface area contributed by atoms with Crippen LogP contribution in [0.3, 0.4) is 0 Å². The monoisotopic (exact) mass is 545 g/mol. The Labute approximate surface area is 254 Å². The summed E-state index contributed by atoms with van der Waals surface area (Å²) in [6, 6.07) is 25.9. The van der Waals surface area contributed by atoms with E-state index >= 15 is 0 Å². The van der Waals surface area contributed by atoms with Gasteiger partial charge in [-0.05, 0) is 35.1 Å². The van der Waals surface area contributed by atoms with E-state index in [1.807, 2.05) is 78.9 Å². The number of H-pyrrole nitrogens is 1. The Bertz CT molecular complexity index is 1670. The standard InChI is InChI=1S/C31H30N4O4.Na/c1-3-4-14-27-26(29(36)35(30(32-27)38-2)20-22-10-6-5-7-11-22)19-21-15-17-23(18-16-21)24-12-8-9-13-25(24)28-33-31(37)39-34-28;/h5-13,15-18H,3-4,14,19-20H2,1-2H3,(H,33,34,37);. The molecule has 2 aromatic heterocycles. The zero-order valence-electron chi connectivity index (χ0n) is 23.0. The summed E-state index contributed by atoms with van der Waals surface area (Å²) in [5.41, 5.74) is 6.03. The van der Waals surface area contributed by atoms with Gasteiger partial charge in [-0.1, -0.05) is 97.4 Å². The number of nitrogens with zero attached hydrogens (tertiary/aromatic N) is 3. The number of aromatic nitrogens is 4. The summed E-state index contributed by atoms with van der Waals surface area (Å²) in [6.45, 7) is 2.51. The zero-order valence-corrected chi connectivity index (χ0v) is 25.0. The molecule has 40 heavy (non-hydrogen) atoms. The first kappa shape index (κ1) is 29.3. The van der Waals surface area contributed by atoms with Gasteiger partial charge in [-0.2, -0.15) is 0 Å². The second kappa shape index (κ2) is 13.6. The van der Waals surface area contributed by atoms with E-state index in [1.165, 1.54) is 0 Å². The Morgan fingerprint density at radius 1 is 0.900 bits per heavy atom. The number of aryl methyl sites for hydroxylation is 1. The van der Waals surface area contributed by atoms with Crippen LogP contribution in [0.15, 0.2) is 93.0 Å². The van der Waals surface area contributed by atoms with E-state index in [0.717, 1.165) is 46.4 Å². The fourth-order valence-corrected chi connectivity index (χ4v) is 4.70. The minimum Gasteiger partial charge on any atom is -0.468 e. The Morgan fingerprint density at radius 2 is 1.60 bits per heavy atom. The van der Waals surface area contributed by atoms with Gasteiger partial charge in [0.1, 0.15) is 0 Å². The first-order valence-electron chi connectivity index (χ1n) is 13.0. The molecule has 0 atom stereocenters. The molecule has 5 aromatic rings. The van der Waals surface area contributed by atoms with Crippen molar-refractivity contribution in [3.8, 4) is 28.5 Å². The van der Waals surface area contributed by atoms with Crippen molar-refractivity contribution in [1.29, 1.82) is 0 Å². The second-order valence-corrected chi connectivity index (χ2v) is 9.37. The molecule has 1 radical (unpaired) electrons. The fraction of sp³-hybridized carbons (Fsp3) is 0.226. The van der Waals surface area contributed by atoms with Crippen LogP contribution in [0.25, 0.3) is 22.5 Å². The molecular formula is C31H30N4NaO4. The third-order valence-corrected chi connectivity index (χ3v) is 6.71. The topological polar surface area (TPSA) is 103 Å². The smallest absolute Gasteiger partial charge is 0.439 e. The van der Waals surface area contributed by atoms with Crippen LogP contribution in [0.5, 0.6) is 6.01 Å². The molecule has 0 fully saturated rings. The van der Waals surface area contributed by atoms with Crippen molar-refractivity contribution >= 4 is 29.6 Å². The molecule has 0 aliphatic rings. The van der Waals surface area contributed by atoms with Gasteiger partial charge in [-0.3, -0.25) is 18.9 Å². The predicted octanol–water partition coefficient (Wildman–Crippen LogP) is 4.86. The average Bonchev–Trinajstić information content (AvgIpc) is 3.41. The molecule has 2 heterocycles. The quantitative estimate of drug-likeness (QED) is 0.252. The second-order valence-electron chi connectivity index (χ2n) is 9.37. The van der Waals surface area contributed by atoms with Crippen molar-refractivity contribution in [1.82, 2.24) is 19.7 Å². The van der Waals surface area contributed by atoms with E-state index in [4.69, 9.17) is 14.2 Å². The molecule has 0 aliphatic heterocycles. The summed E-state index contributed by atoms with van der Waals surface area (Å²) < 4.78 is 11.9. The Balaban J connectivity index is 0.00000370. The molecule has 5 rings (SSSR count). The van der Waals surface area contributed by atoms with Crippen molar-refractivity contribution in [3.05, 3.63) is 122 Å². The van der Waals surface area contributed by atoms with Crippen molar-refractivity contribution in [3.63, 3.8) is 0 Å². The van der Waals surface area contributed by atoms with Crippen LogP contribution in [-0.2, 0) is 19.4 Å². The number of nitrogens with one attached hydrogen (secondary N) is 1. The average molecular weight is 546 g/mol. The van der Waals surface area contributed by atoms with Crippen LogP contribution in [0, 0.1) is 0 Å². The van der Waals surface area contributed by atoms with Gasteiger partial charge in [0.05, 0.1) is 19.3 Å². The Kier molecular flexibility index (Phi) is 9.93. The molecule has 0 spiro atoms. The van der Waals surface area contributed by atoms with Gasteiger partial charge in [-0.15, -0.1) is 0 Å². The summed E-state index contributed by atoms with van der Waals surface area (Å²) in [5.74, 6) is -0.219. The van der Waals surface area contributed by atoms with Crippen molar-refractivity contribution < 1.29 is 9.26 Å². The summed E-state index contributed by atoms with van der Waals surface area (Å²) >= 11 is 0. The number of methoxy groups -OCH3 is 1. The number of hydrogen-bond donors (Lipinski definition) is 1. The largest absolute Gasteiger partial charge is 0.468 e. The molecule has 8 nitrogen and oxygen atoms in total. The summed E-state index contributed by atoms with van der Waals surface area (Å²) in [4.78, 5) is 32.7. The Hall–Kier alpha value is -3.72. The molecule has 1 N–H and O–H groups in total. The van der Waals surface area contributed by atoms with Gasteiger partial charge in [0, 0.05) is 47.1 Å². The first-order chi connectivity index (χ1) is 19.1. The van der Waals surface area contributed by atoms with Gasteiger partial charge >= 0.3 is 5.76 Å². The minimum absolute atomic E-state index is 0. The zero-order chi connectivity index (χ0) is 27.2. The third kappa shape index (κ3) is 6.53. The minimum atomic E-state index is -0.597. The molecule has 199 valence electrons. The van der Waals surface area contributed by atoms with Crippen molar-refractivity contribution in [2.75, 3.05) is 7.11 Å². The van der Waals surface area contributed by atoms with Crippen LogP contribution in [0.1, 0.15) is 42.1 Å². The van der Waals surface area contributed by atoms with Crippen LogP contribution in [-0.4, -0.2) is 56.4 Å². The van der Waals surface area contributed by atoms with Gasteiger partial charge < -0.3 is 4.74 Å². The normalized spacial score (nSPS) is 10.8. The van der Waals surface area contributed by atoms with E-state index in [9.17, 15) is 9.59 Å². The van der Waals surface area contributed by atoms with Crippen molar-refractivity contribution in [2.45, 2.75) is 39.2 Å². The van der Waals surface area contributed by atoms with Gasteiger partial charge in [0.25, 0.3) is 11.6 Å². The van der Waals surface area contributed by atoms with E-state index in [1.54, 1.807) is 11.7 Å². The number of ether oxygens (including phenoxy) is 1. The van der Waals surface area contributed by atoms with Crippen LogP contribution < -0.4 is 16.1 Å². The molecule has 0 unspecified atom stereocenters.